The second-order valence-corrected chi connectivity index (χ2v) is 5.60. The van der Waals surface area contributed by atoms with Crippen molar-refractivity contribution in [2.45, 2.75) is 24.6 Å². The minimum absolute atomic E-state index is 0.0117. The van der Waals surface area contributed by atoms with Crippen LogP contribution in [0.3, 0.4) is 0 Å². The third-order valence-corrected chi connectivity index (χ3v) is 4.00. The molecule has 17 heavy (non-hydrogen) atoms. The highest BCUT2D eigenvalue weighted by Gasteiger charge is 2.11. The molecule has 0 saturated carbocycles. The Morgan fingerprint density at radius 3 is 2.76 bits per heavy atom. The summed E-state index contributed by atoms with van der Waals surface area (Å²) in [5.41, 5.74) is 0.985. The molecule has 1 aromatic carbocycles. The second-order valence-electron chi connectivity index (χ2n) is 3.65. The van der Waals surface area contributed by atoms with Gasteiger partial charge in [-0.15, -0.1) is 0 Å². The Bertz CT molecular complexity index is 398. The Hall–Kier alpha value is -0.250. The van der Waals surface area contributed by atoms with Crippen molar-refractivity contribution in [2.75, 3.05) is 6.54 Å². The van der Waals surface area contributed by atoms with Crippen LogP contribution in [0.15, 0.2) is 18.2 Å². The zero-order valence-corrected chi connectivity index (χ0v) is 12.6. The van der Waals surface area contributed by atoms with Crippen LogP contribution >= 0.6 is 39.1 Å². The first-order chi connectivity index (χ1) is 8.04. The van der Waals surface area contributed by atoms with E-state index in [-0.39, 0.29) is 10.7 Å². The fourth-order valence-electron chi connectivity index (χ4n) is 1.34. The number of amides is 1. The third-order valence-electron chi connectivity index (χ3n) is 2.35. The van der Waals surface area contributed by atoms with Gasteiger partial charge in [0.25, 0.3) is 0 Å². The summed E-state index contributed by atoms with van der Waals surface area (Å²) in [5.74, 6) is 0.0117. The Balaban J connectivity index is 2.43. The van der Waals surface area contributed by atoms with Gasteiger partial charge >= 0.3 is 0 Å². The van der Waals surface area contributed by atoms with Crippen LogP contribution in [0.4, 0.5) is 0 Å². The van der Waals surface area contributed by atoms with Crippen LogP contribution in [0.2, 0.25) is 10.0 Å². The molecule has 1 aromatic rings. The van der Waals surface area contributed by atoms with Crippen LogP contribution in [0.5, 0.6) is 0 Å². The molecule has 0 aliphatic heterocycles. The van der Waals surface area contributed by atoms with E-state index in [0.717, 1.165) is 12.0 Å². The van der Waals surface area contributed by atoms with E-state index >= 15 is 0 Å². The summed E-state index contributed by atoms with van der Waals surface area (Å²) in [6, 6.07) is 5.38. The second kappa shape index (κ2) is 7.24. The monoisotopic (exact) mass is 337 g/mol. The molecule has 1 rings (SSSR count). The molecule has 0 aliphatic carbocycles. The fraction of sp³-hybridized carbons (Fsp3) is 0.417. The molecule has 0 aromatic heterocycles. The van der Waals surface area contributed by atoms with Crippen LogP contribution < -0.4 is 5.32 Å². The number of hydrogen-bond donors (Lipinski definition) is 1. The number of carbonyl (C=O) groups excluding carboxylic acids is 1. The SMILES string of the molecule is CCC(Br)C(=O)NCCc1ccc(Cl)cc1Cl. The molecule has 0 fully saturated rings. The maximum Gasteiger partial charge on any atom is 0.233 e. The Labute approximate surface area is 120 Å². The largest absolute Gasteiger partial charge is 0.355 e. The summed E-state index contributed by atoms with van der Waals surface area (Å²) in [4.78, 5) is 11.4. The lowest BCUT2D eigenvalue weighted by molar-refractivity contribution is -0.120. The molecule has 1 atom stereocenters. The van der Waals surface area contributed by atoms with Gasteiger partial charge in [0.15, 0.2) is 0 Å². The molecule has 0 spiro atoms. The number of rotatable bonds is 5. The van der Waals surface area contributed by atoms with Gasteiger partial charge in [0, 0.05) is 16.6 Å². The maximum atomic E-state index is 11.5. The van der Waals surface area contributed by atoms with E-state index in [4.69, 9.17) is 23.2 Å². The van der Waals surface area contributed by atoms with Crippen molar-refractivity contribution in [3.63, 3.8) is 0 Å². The lowest BCUT2D eigenvalue weighted by Crippen LogP contribution is -2.32. The van der Waals surface area contributed by atoms with Crippen molar-refractivity contribution in [3.05, 3.63) is 33.8 Å². The van der Waals surface area contributed by atoms with Crippen LogP contribution in [0.25, 0.3) is 0 Å². The van der Waals surface area contributed by atoms with Crippen LogP contribution in [-0.2, 0) is 11.2 Å². The molecule has 2 nitrogen and oxygen atoms in total. The lowest BCUT2D eigenvalue weighted by Gasteiger charge is -2.09. The quantitative estimate of drug-likeness (QED) is 0.812. The van der Waals surface area contributed by atoms with Crippen molar-refractivity contribution in [1.82, 2.24) is 5.32 Å². The number of nitrogens with one attached hydrogen (secondary N) is 1. The number of alkyl halides is 1. The van der Waals surface area contributed by atoms with Crippen LogP contribution in [0.1, 0.15) is 18.9 Å². The highest BCUT2D eigenvalue weighted by atomic mass is 79.9. The summed E-state index contributed by atoms with van der Waals surface area (Å²) in [7, 11) is 0. The predicted molar refractivity (Wildman–Crippen MR) is 76.2 cm³/mol. The molecule has 5 heteroatoms. The van der Waals surface area contributed by atoms with Crippen LogP contribution in [-0.4, -0.2) is 17.3 Å². The zero-order valence-electron chi connectivity index (χ0n) is 9.47. The van der Waals surface area contributed by atoms with Gasteiger partial charge in [-0.25, -0.2) is 0 Å². The van der Waals surface area contributed by atoms with Crippen molar-refractivity contribution in [1.29, 1.82) is 0 Å². The van der Waals surface area contributed by atoms with E-state index in [1.807, 2.05) is 13.0 Å². The molecule has 94 valence electrons. The molecule has 0 bridgehead atoms. The average Bonchev–Trinajstić information content (AvgIpc) is 2.30. The minimum atomic E-state index is -0.122. The molecule has 0 saturated heterocycles. The summed E-state index contributed by atoms with van der Waals surface area (Å²) in [6.07, 6.45) is 1.47. The molecule has 1 unspecified atom stereocenters. The Morgan fingerprint density at radius 2 is 2.18 bits per heavy atom. The summed E-state index contributed by atoms with van der Waals surface area (Å²) >= 11 is 15.1. The third kappa shape index (κ3) is 4.86. The normalized spacial score (nSPS) is 12.2. The highest BCUT2D eigenvalue weighted by molar-refractivity contribution is 9.10. The van der Waals surface area contributed by atoms with Gasteiger partial charge in [0.1, 0.15) is 0 Å². The Morgan fingerprint density at radius 1 is 1.47 bits per heavy atom. The average molecular weight is 339 g/mol. The van der Waals surface area contributed by atoms with E-state index in [1.54, 1.807) is 12.1 Å². The van der Waals surface area contributed by atoms with Gasteiger partial charge in [-0.2, -0.15) is 0 Å². The van der Waals surface area contributed by atoms with Gasteiger partial charge in [-0.1, -0.05) is 52.1 Å². The summed E-state index contributed by atoms with van der Waals surface area (Å²) < 4.78 is 0. The van der Waals surface area contributed by atoms with Gasteiger partial charge in [0.2, 0.25) is 5.91 Å². The fourth-order valence-corrected chi connectivity index (χ4v) is 2.01. The maximum absolute atomic E-state index is 11.5. The van der Waals surface area contributed by atoms with Gasteiger partial charge < -0.3 is 5.32 Å². The minimum Gasteiger partial charge on any atom is -0.355 e. The molecule has 1 N–H and O–H groups in total. The van der Waals surface area contributed by atoms with Crippen molar-refractivity contribution < 1.29 is 4.79 Å². The van der Waals surface area contributed by atoms with E-state index < -0.39 is 0 Å². The van der Waals surface area contributed by atoms with Crippen molar-refractivity contribution in [2.24, 2.45) is 0 Å². The zero-order chi connectivity index (χ0) is 12.8. The number of carbonyl (C=O) groups is 1. The standard InChI is InChI=1S/C12H14BrCl2NO/c1-2-10(13)12(17)16-6-5-8-3-4-9(14)7-11(8)15/h3-4,7,10H,2,5-6H2,1H3,(H,16,17). The van der Waals surface area contributed by atoms with E-state index in [2.05, 4.69) is 21.2 Å². The molecule has 0 aliphatic rings. The number of hydrogen-bond acceptors (Lipinski definition) is 1. The highest BCUT2D eigenvalue weighted by Crippen LogP contribution is 2.21. The van der Waals surface area contributed by atoms with Crippen molar-refractivity contribution >= 4 is 45.0 Å². The smallest absolute Gasteiger partial charge is 0.233 e. The van der Waals surface area contributed by atoms with Crippen LogP contribution in [0, 0.1) is 0 Å². The van der Waals surface area contributed by atoms with E-state index in [0.29, 0.717) is 23.0 Å². The van der Waals surface area contributed by atoms with E-state index in [9.17, 15) is 4.79 Å². The number of halogens is 3. The molecule has 1 amide bonds. The topological polar surface area (TPSA) is 29.1 Å². The molecular weight excluding hydrogens is 325 g/mol. The van der Waals surface area contributed by atoms with Gasteiger partial charge in [-0.3, -0.25) is 4.79 Å². The molecular formula is C12H14BrCl2NO. The summed E-state index contributed by atoms with van der Waals surface area (Å²) in [5, 5.41) is 4.10. The first-order valence-corrected chi connectivity index (χ1v) is 7.07. The molecule has 0 heterocycles. The van der Waals surface area contributed by atoms with E-state index in [1.165, 1.54) is 0 Å². The number of benzene rings is 1. The predicted octanol–water partition coefficient (Wildman–Crippen LogP) is 3.83. The van der Waals surface area contributed by atoms with Gasteiger partial charge in [0.05, 0.1) is 4.83 Å². The van der Waals surface area contributed by atoms with Gasteiger partial charge in [-0.05, 0) is 30.5 Å². The first-order valence-electron chi connectivity index (χ1n) is 5.40. The molecule has 0 radical (unpaired) electrons. The van der Waals surface area contributed by atoms with Crippen molar-refractivity contribution in [3.8, 4) is 0 Å². The summed E-state index contributed by atoms with van der Waals surface area (Å²) in [6.45, 7) is 2.53. The first kappa shape index (κ1) is 14.8. The lowest BCUT2D eigenvalue weighted by atomic mass is 10.1. The Kier molecular flexibility index (Phi) is 6.31.